The van der Waals surface area contributed by atoms with Gasteiger partial charge in [-0.3, -0.25) is 4.79 Å². The van der Waals surface area contributed by atoms with Crippen molar-refractivity contribution >= 4 is 49.5 Å². The van der Waals surface area contributed by atoms with Crippen LogP contribution in [0.1, 0.15) is 17.3 Å². The third-order valence-corrected chi connectivity index (χ3v) is 4.04. The molecule has 0 heterocycles. The van der Waals surface area contributed by atoms with E-state index in [0.717, 1.165) is 8.95 Å². The van der Waals surface area contributed by atoms with Crippen molar-refractivity contribution in [3.8, 4) is 0 Å². The average molecular weight is 397 g/mol. The fourth-order valence-electron chi connectivity index (χ4n) is 1.42. The Balaban J connectivity index is 2.66. The molecule has 0 aliphatic heterocycles. The predicted molar refractivity (Wildman–Crippen MR) is 83.2 cm³/mol. The topological polar surface area (TPSA) is 49.3 Å². The maximum Gasteiger partial charge on any atom is 0.251 e. The lowest BCUT2D eigenvalue weighted by atomic mass is 10.1. The van der Waals surface area contributed by atoms with Gasteiger partial charge in [-0.1, -0.05) is 31.9 Å². The number of hydrogen-bond donors (Lipinski definition) is 2. The molecular weight excluding hydrogens is 382 g/mol. The first-order valence-electron chi connectivity index (χ1n) is 5.30. The zero-order valence-electron chi connectivity index (χ0n) is 10.2. The van der Waals surface area contributed by atoms with Crippen molar-refractivity contribution in [1.82, 2.24) is 5.32 Å². The zero-order chi connectivity index (χ0) is 13.8. The van der Waals surface area contributed by atoms with Crippen LogP contribution in [0.25, 0.3) is 0 Å². The van der Waals surface area contributed by atoms with Gasteiger partial charge in [-0.2, -0.15) is 11.8 Å². The lowest BCUT2D eigenvalue weighted by molar-refractivity contribution is 0.0725. The van der Waals surface area contributed by atoms with Crippen LogP contribution in [0.5, 0.6) is 0 Å². The number of amides is 1. The second-order valence-electron chi connectivity index (χ2n) is 4.27. The standard InChI is InChI=1S/C12H15Br2NO2S/c1-12(17,7-18-2)6-15-11(16)8-3-9(13)5-10(14)4-8/h3-5,17H,6-7H2,1-2H3,(H,15,16). The Bertz CT molecular complexity index is 418. The number of halogens is 2. The fourth-order valence-corrected chi connectivity index (χ4v) is 3.44. The molecule has 0 spiro atoms. The first-order valence-corrected chi connectivity index (χ1v) is 8.28. The number of carbonyl (C=O) groups is 1. The Morgan fingerprint density at radius 2 is 1.94 bits per heavy atom. The van der Waals surface area contributed by atoms with E-state index in [4.69, 9.17) is 0 Å². The van der Waals surface area contributed by atoms with E-state index in [-0.39, 0.29) is 12.5 Å². The van der Waals surface area contributed by atoms with E-state index in [1.54, 1.807) is 30.8 Å². The second-order valence-corrected chi connectivity index (χ2v) is 6.97. The van der Waals surface area contributed by atoms with Gasteiger partial charge in [0.2, 0.25) is 0 Å². The van der Waals surface area contributed by atoms with Crippen molar-refractivity contribution < 1.29 is 9.90 Å². The average Bonchev–Trinajstić information content (AvgIpc) is 2.24. The summed E-state index contributed by atoms with van der Waals surface area (Å²) >= 11 is 8.21. The molecule has 0 saturated heterocycles. The second kappa shape index (κ2) is 6.93. The first kappa shape index (κ1) is 16.0. The minimum Gasteiger partial charge on any atom is -0.387 e. The molecule has 0 radical (unpaired) electrons. The molecule has 0 aliphatic rings. The van der Waals surface area contributed by atoms with E-state index in [0.29, 0.717) is 11.3 Å². The molecule has 0 saturated carbocycles. The summed E-state index contributed by atoms with van der Waals surface area (Å²) in [6, 6.07) is 5.34. The summed E-state index contributed by atoms with van der Waals surface area (Å²) in [6.45, 7) is 1.94. The number of nitrogens with one attached hydrogen (secondary N) is 1. The highest BCUT2D eigenvalue weighted by Crippen LogP contribution is 2.20. The SMILES string of the molecule is CSCC(C)(O)CNC(=O)c1cc(Br)cc(Br)c1. The van der Waals surface area contributed by atoms with Gasteiger partial charge >= 0.3 is 0 Å². The minimum atomic E-state index is -0.891. The van der Waals surface area contributed by atoms with Gasteiger partial charge in [0, 0.05) is 26.8 Å². The molecule has 1 aromatic carbocycles. The summed E-state index contributed by atoms with van der Waals surface area (Å²) in [6.07, 6.45) is 1.92. The number of rotatable bonds is 5. The molecule has 1 unspecified atom stereocenters. The summed E-state index contributed by atoms with van der Waals surface area (Å²) in [5.41, 5.74) is -0.339. The molecule has 0 fully saturated rings. The monoisotopic (exact) mass is 395 g/mol. The van der Waals surface area contributed by atoms with E-state index in [1.165, 1.54) is 0 Å². The van der Waals surface area contributed by atoms with Crippen molar-refractivity contribution in [2.45, 2.75) is 12.5 Å². The third-order valence-electron chi connectivity index (χ3n) is 2.21. The normalized spacial score (nSPS) is 14.1. The summed E-state index contributed by atoms with van der Waals surface area (Å²) in [4.78, 5) is 11.9. The highest BCUT2D eigenvalue weighted by Gasteiger charge is 2.20. The van der Waals surface area contributed by atoms with Crippen LogP contribution in [0, 0.1) is 0 Å². The van der Waals surface area contributed by atoms with Crippen LogP contribution in [0.4, 0.5) is 0 Å². The van der Waals surface area contributed by atoms with Crippen LogP contribution >= 0.6 is 43.6 Å². The Morgan fingerprint density at radius 1 is 1.39 bits per heavy atom. The molecule has 0 bridgehead atoms. The van der Waals surface area contributed by atoms with E-state index in [1.807, 2.05) is 12.3 Å². The van der Waals surface area contributed by atoms with Gasteiger partial charge in [0.15, 0.2) is 0 Å². The summed E-state index contributed by atoms with van der Waals surface area (Å²) in [5.74, 6) is 0.383. The molecule has 0 aromatic heterocycles. The van der Waals surface area contributed by atoms with Crippen LogP contribution in [0.3, 0.4) is 0 Å². The maximum atomic E-state index is 11.9. The highest BCUT2D eigenvalue weighted by atomic mass is 79.9. The van der Waals surface area contributed by atoms with Crippen molar-refractivity contribution in [3.05, 3.63) is 32.7 Å². The van der Waals surface area contributed by atoms with Crippen molar-refractivity contribution in [2.24, 2.45) is 0 Å². The maximum absolute atomic E-state index is 11.9. The van der Waals surface area contributed by atoms with Crippen LogP contribution in [0.2, 0.25) is 0 Å². The molecule has 3 nitrogen and oxygen atoms in total. The molecule has 6 heteroatoms. The summed E-state index contributed by atoms with van der Waals surface area (Å²) < 4.78 is 1.66. The van der Waals surface area contributed by atoms with Crippen LogP contribution < -0.4 is 5.32 Å². The molecule has 100 valence electrons. The minimum absolute atomic E-state index is 0.196. The van der Waals surface area contributed by atoms with Crippen molar-refractivity contribution in [3.63, 3.8) is 0 Å². The van der Waals surface area contributed by atoms with Gasteiger partial charge in [-0.15, -0.1) is 0 Å². The fraction of sp³-hybridized carbons (Fsp3) is 0.417. The lowest BCUT2D eigenvalue weighted by Crippen LogP contribution is -2.42. The number of thioether (sulfide) groups is 1. The third kappa shape index (κ3) is 5.30. The van der Waals surface area contributed by atoms with Gasteiger partial charge in [0.1, 0.15) is 0 Å². The Hall–Kier alpha value is -0.0400. The molecule has 0 aliphatic carbocycles. The summed E-state index contributed by atoms with van der Waals surface area (Å²) in [7, 11) is 0. The highest BCUT2D eigenvalue weighted by molar-refractivity contribution is 9.11. The number of hydrogen-bond acceptors (Lipinski definition) is 3. The number of carbonyl (C=O) groups excluding carboxylic acids is 1. The van der Waals surface area contributed by atoms with E-state index in [9.17, 15) is 9.90 Å². The molecule has 1 atom stereocenters. The largest absolute Gasteiger partial charge is 0.387 e. The summed E-state index contributed by atoms with van der Waals surface area (Å²) in [5, 5.41) is 12.7. The Kier molecular flexibility index (Phi) is 6.17. The quantitative estimate of drug-likeness (QED) is 0.804. The Morgan fingerprint density at radius 3 is 2.44 bits per heavy atom. The van der Waals surface area contributed by atoms with Crippen molar-refractivity contribution in [1.29, 1.82) is 0 Å². The predicted octanol–water partition coefficient (Wildman–Crippen LogP) is 3.06. The Labute approximate surface area is 128 Å². The van der Waals surface area contributed by atoms with Gasteiger partial charge in [0.05, 0.1) is 5.60 Å². The van der Waals surface area contributed by atoms with Gasteiger partial charge in [0.25, 0.3) is 5.91 Å². The lowest BCUT2D eigenvalue weighted by Gasteiger charge is -2.22. The molecule has 2 N–H and O–H groups in total. The smallest absolute Gasteiger partial charge is 0.251 e. The number of aliphatic hydroxyl groups is 1. The van der Waals surface area contributed by atoms with Gasteiger partial charge in [-0.25, -0.2) is 0 Å². The van der Waals surface area contributed by atoms with Crippen LogP contribution in [-0.4, -0.2) is 35.2 Å². The zero-order valence-corrected chi connectivity index (χ0v) is 14.2. The van der Waals surface area contributed by atoms with E-state index in [2.05, 4.69) is 37.2 Å². The van der Waals surface area contributed by atoms with Gasteiger partial charge in [-0.05, 0) is 31.4 Å². The van der Waals surface area contributed by atoms with E-state index < -0.39 is 5.60 Å². The number of benzene rings is 1. The first-order chi connectivity index (χ1) is 8.34. The van der Waals surface area contributed by atoms with Crippen LogP contribution in [0.15, 0.2) is 27.1 Å². The molecule has 1 aromatic rings. The van der Waals surface area contributed by atoms with Gasteiger partial charge < -0.3 is 10.4 Å². The van der Waals surface area contributed by atoms with E-state index >= 15 is 0 Å². The van der Waals surface area contributed by atoms with Crippen molar-refractivity contribution in [2.75, 3.05) is 18.6 Å². The molecule has 1 amide bonds. The molecule has 18 heavy (non-hydrogen) atoms. The molecule has 1 rings (SSSR count). The molecular formula is C12H15Br2NO2S. The van der Waals surface area contributed by atoms with Crippen LogP contribution in [-0.2, 0) is 0 Å².